The van der Waals surface area contributed by atoms with Gasteiger partial charge >= 0.3 is 6.09 Å². The summed E-state index contributed by atoms with van der Waals surface area (Å²) in [4.78, 5) is 41.7. The number of fused-ring (bicyclic) bond motifs is 1. The van der Waals surface area contributed by atoms with Crippen LogP contribution in [0.25, 0.3) is 10.8 Å². The Morgan fingerprint density at radius 2 is 1.62 bits per heavy atom. The molecule has 0 fully saturated rings. The number of amides is 3. The molecule has 2 N–H and O–H groups in total. The molecule has 3 aromatic carbocycles. The molecule has 210 valence electrons. The highest BCUT2D eigenvalue weighted by Crippen LogP contribution is 2.27. The summed E-state index contributed by atoms with van der Waals surface area (Å²) < 4.78 is 5.38. The van der Waals surface area contributed by atoms with Crippen molar-refractivity contribution < 1.29 is 19.1 Å². The van der Waals surface area contributed by atoms with E-state index in [-0.39, 0.29) is 12.5 Å². The number of ether oxygens (including phenoxy) is 1. The van der Waals surface area contributed by atoms with Gasteiger partial charge in [0.25, 0.3) is 5.91 Å². The summed E-state index contributed by atoms with van der Waals surface area (Å²) in [5.74, 6) is -1.36. The number of carbonyl (C=O) groups is 3. The summed E-state index contributed by atoms with van der Waals surface area (Å²) in [6.07, 6.45) is 0.0607. The van der Waals surface area contributed by atoms with E-state index in [4.69, 9.17) is 4.74 Å². The van der Waals surface area contributed by atoms with E-state index in [1.165, 1.54) is 4.90 Å². The van der Waals surface area contributed by atoms with Gasteiger partial charge in [-0.2, -0.15) is 5.26 Å². The van der Waals surface area contributed by atoms with Crippen molar-refractivity contribution in [3.05, 3.63) is 77.9 Å². The molecule has 0 spiro atoms. The summed E-state index contributed by atoms with van der Waals surface area (Å²) >= 11 is 0. The van der Waals surface area contributed by atoms with Gasteiger partial charge in [0.1, 0.15) is 24.2 Å². The van der Waals surface area contributed by atoms with Crippen LogP contribution in [0.5, 0.6) is 0 Å². The number of nitrogens with zero attached hydrogens (tertiary/aromatic N) is 2. The maximum atomic E-state index is 14.0. The SMILES string of the molecule is CCc1ccc(C(C(=O)Nc2ccc3ccccc3c2)N(CC#N)C(=O)C(NC(=O)OC(C)(C)C)C(C)C)cc1. The molecular formula is C32H38N4O4. The van der Waals surface area contributed by atoms with Crippen LogP contribution in [0, 0.1) is 17.2 Å². The lowest BCUT2D eigenvalue weighted by molar-refractivity contribution is -0.140. The Labute approximate surface area is 236 Å². The molecule has 0 heterocycles. The molecule has 2 unspecified atom stereocenters. The van der Waals surface area contributed by atoms with Crippen LogP contribution in [-0.2, 0) is 20.7 Å². The van der Waals surface area contributed by atoms with Gasteiger partial charge in [-0.1, -0.05) is 75.4 Å². The molecule has 2 atom stereocenters. The maximum absolute atomic E-state index is 14.0. The number of anilines is 1. The van der Waals surface area contributed by atoms with Crippen molar-refractivity contribution >= 4 is 34.4 Å². The van der Waals surface area contributed by atoms with E-state index >= 15 is 0 Å². The number of alkyl carbamates (subject to hydrolysis) is 1. The van der Waals surface area contributed by atoms with Crippen molar-refractivity contribution in [2.24, 2.45) is 5.92 Å². The zero-order valence-electron chi connectivity index (χ0n) is 24.0. The van der Waals surface area contributed by atoms with E-state index in [1.54, 1.807) is 52.8 Å². The van der Waals surface area contributed by atoms with E-state index in [0.717, 1.165) is 22.8 Å². The molecule has 0 saturated heterocycles. The lowest BCUT2D eigenvalue weighted by Gasteiger charge is -2.34. The van der Waals surface area contributed by atoms with Gasteiger partial charge in [-0.25, -0.2) is 4.79 Å². The molecule has 40 heavy (non-hydrogen) atoms. The van der Waals surface area contributed by atoms with Gasteiger partial charge in [-0.05, 0) is 67.1 Å². The number of hydrogen-bond acceptors (Lipinski definition) is 5. The van der Waals surface area contributed by atoms with Crippen molar-refractivity contribution in [2.75, 3.05) is 11.9 Å². The fraction of sp³-hybridized carbons (Fsp3) is 0.375. The number of nitrogens with one attached hydrogen (secondary N) is 2. The second-order valence-electron chi connectivity index (χ2n) is 11.0. The lowest BCUT2D eigenvalue weighted by Crippen LogP contribution is -2.54. The Morgan fingerprint density at radius 3 is 2.20 bits per heavy atom. The second-order valence-corrected chi connectivity index (χ2v) is 11.0. The minimum atomic E-state index is -1.12. The number of nitriles is 1. The van der Waals surface area contributed by atoms with E-state index in [9.17, 15) is 19.6 Å². The standard InChI is InChI=1S/C32H38N4O4/c1-7-22-12-14-24(15-13-22)28(29(37)34-26-17-16-23-10-8-9-11-25(23)20-26)36(19-18-33)30(38)27(21(2)3)35-31(39)40-32(4,5)6/h8-17,20-21,27-28H,7,19H2,1-6H3,(H,34,37)(H,35,39). The highest BCUT2D eigenvalue weighted by Gasteiger charge is 2.37. The average Bonchev–Trinajstić information content (AvgIpc) is 2.90. The maximum Gasteiger partial charge on any atom is 0.408 e. The fourth-order valence-corrected chi connectivity index (χ4v) is 4.39. The third kappa shape index (κ3) is 7.82. The van der Waals surface area contributed by atoms with Crippen LogP contribution in [0.3, 0.4) is 0 Å². The number of rotatable bonds is 9. The van der Waals surface area contributed by atoms with Crippen LogP contribution in [0.15, 0.2) is 66.7 Å². The highest BCUT2D eigenvalue weighted by atomic mass is 16.6. The molecule has 8 nitrogen and oxygen atoms in total. The van der Waals surface area contributed by atoms with Gasteiger partial charge in [0.15, 0.2) is 0 Å². The van der Waals surface area contributed by atoms with Gasteiger partial charge in [0, 0.05) is 5.69 Å². The van der Waals surface area contributed by atoms with E-state index in [0.29, 0.717) is 11.3 Å². The van der Waals surface area contributed by atoms with E-state index in [2.05, 4.69) is 10.6 Å². The van der Waals surface area contributed by atoms with E-state index in [1.807, 2.05) is 61.5 Å². The van der Waals surface area contributed by atoms with Gasteiger partial charge in [-0.15, -0.1) is 0 Å². The van der Waals surface area contributed by atoms with Crippen LogP contribution in [0.4, 0.5) is 10.5 Å². The Hall–Kier alpha value is -4.38. The summed E-state index contributed by atoms with van der Waals surface area (Å²) in [5.41, 5.74) is 1.43. The summed E-state index contributed by atoms with van der Waals surface area (Å²) in [7, 11) is 0. The second kappa shape index (κ2) is 13.1. The Kier molecular flexibility index (Phi) is 9.89. The summed E-state index contributed by atoms with van der Waals surface area (Å²) in [6, 6.07) is 20.7. The minimum absolute atomic E-state index is 0.340. The van der Waals surface area contributed by atoms with Crippen molar-refractivity contribution in [1.82, 2.24) is 10.2 Å². The monoisotopic (exact) mass is 542 g/mol. The Bertz CT molecular complexity index is 1390. The predicted molar refractivity (Wildman–Crippen MR) is 156 cm³/mol. The van der Waals surface area contributed by atoms with Gasteiger partial charge < -0.3 is 20.3 Å². The molecule has 0 radical (unpaired) electrons. The molecule has 0 aliphatic rings. The molecule has 8 heteroatoms. The van der Waals surface area contributed by atoms with Crippen molar-refractivity contribution in [1.29, 1.82) is 5.26 Å². The van der Waals surface area contributed by atoms with Crippen molar-refractivity contribution in [3.8, 4) is 6.07 Å². The lowest BCUT2D eigenvalue weighted by atomic mass is 9.98. The molecule has 0 aliphatic heterocycles. The zero-order chi connectivity index (χ0) is 29.4. The molecular weight excluding hydrogens is 504 g/mol. The first-order chi connectivity index (χ1) is 18.9. The quantitative estimate of drug-likeness (QED) is 0.323. The topological polar surface area (TPSA) is 112 Å². The number of aryl methyl sites for hydroxylation is 1. The summed E-state index contributed by atoms with van der Waals surface area (Å²) in [6.45, 7) is 10.4. The first kappa shape index (κ1) is 30.2. The third-order valence-electron chi connectivity index (χ3n) is 6.41. The predicted octanol–water partition coefficient (Wildman–Crippen LogP) is 5.98. The molecule has 3 rings (SSSR count). The van der Waals surface area contributed by atoms with Crippen LogP contribution < -0.4 is 10.6 Å². The van der Waals surface area contributed by atoms with Gasteiger partial charge in [0.05, 0.1) is 6.07 Å². The van der Waals surface area contributed by atoms with Crippen LogP contribution in [0.1, 0.15) is 58.7 Å². The smallest absolute Gasteiger partial charge is 0.408 e. The van der Waals surface area contributed by atoms with Gasteiger partial charge in [0.2, 0.25) is 5.91 Å². The highest BCUT2D eigenvalue weighted by molar-refractivity contribution is 6.00. The molecule has 3 amide bonds. The number of carbonyl (C=O) groups excluding carboxylic acids is 3. The van der Waals surface area contributed by atoms with Crippen LogP contribution in [0.2, 0.25) is 0 Å². The Morgan fingerprint density at radius 1 is 0.975 bits per heavy atom. The largest absolute Gasteiger partial charge is 0.444 e. The zero-order valence-corrected chi connectivity index (χ0v) is 24.0. The van der Waals surface area contributed by atoms with E-state index < -0.39 is 35.6 Å². The van der Waals surface area contributed by atoms with Gasteiger partial charge in [-0.3, -0.25) is 9.59 Å². The van der Waals surface area contributed by atoms with Crippen molar-refractivity contribution in [2.45, 2.75) is 65.6 Å². The first-order valence-electron chi connectivity index (χ1n) is 13.5. The molecule has 0 saturated carbocycles. The Balaban J connectivity index is 2.01. The van der Waals surface area contributed by atoms with Crippen LogP contribution >= 0.6 is 0 Å². The molecule has 3 aromatic rings. The molecule has 0 aliphatic carbocycles. The molecule has 0 bridgehead atoms. The fourth-order valence-electron chi connectivity index (χ4n) is 4.39. The van der Waals surface area contributed by atoms with Crippen molar-refractivity contribution in [3.63, 3.8) is 0 Å². The minimum Gasteiger partial charge on any atom is -0.444 e. The third-order valence-corrected chi connectivity index (χ3v) is 6.41. The number of hydrogen-bond donors (Lipinski definition) is 2. The first-order valence-corrected chi connectivity index (χ1v) is 13.5. The van der Waals surface area contributed by atoms with Crippen LogP contribution in [-0.4, -0.2) is 41.0 Å². The average molecular weight is 543 g/mol. The normalized spacial score (nSPS) is 12.8. The summed E-state index contributed by atoms with van der Waals surface area (Å²) in [5, 5.41) is 17.3. The molecule has 0 aromatic heterocycles. The number of benzene rings is 3.